The van der Waals surface area contributed by atoms with E-state index in [2.05, 4.69) is 32.0 Å². The van der Waals surface area contributed by atoms with Gasteiger partial charge in [0.15, 0.2) is 0 Å². The lowest BCUT2D eigenvalue weighted by Crippen LogP contribution is -2.03. The van der Waals surface area contributed by atoms with Gasteiger partial charge >= 0.3 is 5.97 Å². The minimum atomic E-state index is -0.125. The summed E-state index contributed by atoms with van der Waals surface area (Å²) in [6.07, 6.45) is 11.3. The Morgan fingerprint density at radius 2 is 1.55 bits per heavy atom. The number of esters is 1. The van der Waals surface area contributed by atoms with Crippen LogP contribution in [0.15, 0.2) is 18.2 Å². The molecule has 0 spiro atoms. The SMILES string of the molecule is CCCCCc1ccc(CCC(=O)OC)cc1CCCCC. The van der Waals surface area contributed by atoms with Crippen molar-refractivity contribution < 1.29 is 9.53 Å². The fourth-order valence-corrected chi connectivity index (χ4v) is 2.79. The monoisotopic (exact) mass is 304 g/mol. The molecular formula is C20H32O2. The average molecular weight is 304 g/mol. The molecular weight excluding hydrogens is 272 g/mol. The van der Waals surface area contributed by atoms with Crippen LogP contribution < -0.4 is 0 Å². The maximum Gasteiger partial charge on any atom is 0.305 e. The molecule has 0 fully saturated rings. The number of carbonyl (C=O) groups excluding carboxylic acids is 1. The Morgan fingerprint density at radius 1 is 0.909 bits per heavy atom. The Bertz CT molecular complexity index is 437. The Morgan fingerprint density at radius 3 is 2.14 bits per heavy atom. The van der Waals surface area contributed by atoms with E-state index in [0.29, 0.717) is 6.42 Å². The van der Waals surface area contributed by atoms with Crippen molar-refractivity contribution in [2.24, 2.45) is 0 Å². The van der Waals surface area contributed by atoms with Crippen LogP contribution in [0.25, 0.3) is 0 Å². The van der Waals surface area contributed by atoms with Gasteiger partial charge in [-0.25, -0.2) is 0 Å². The number of unbranched alkanes of at least 4 members (excludes halogenated alkanes) is 4. The highest BCUT2D eigenvalue weighted by molar-refractivity contribution is 5.69. The van der Waals surface area contributed by atoms with E-state index < -0.39 is 0 Å². The van der Waals surface area contributed by atoms with Crippen molar-refractivity contribution in [3.63, 3.8) is 0 Å². The van der Waals surface area contributed by atoms with Gasteiger partial charge in [0.05, 0.1) is 7.11 Å². The van der Waals surface area contributed by atoms with E-state index in [1.54, 1.807) is 0 Å². The minimum Gasteiger partial charge on any atom is -0.469 e. The van der Waals surface area contributed by atoms with Gasteiger partial charge in [0.1, 0.15) is 0 Å². The first-order valence-corrected chi connectivity index (χ1v) is 8.88. The number of hydrogen-bond donors (Lipinski definition) is 0. The molecule has 22 heavy (non-hydrogen) atoms. The maximum absolute atomic E-state index is 11.3. The minimum absolute atomic E-state index is 0.125. The number of carbonyl (C=O) groups is 1. The first-order valence-electron chi connectivity index (χ1n) is 8.88. The van der Waals surface area contributed by atoms with Gasteiger partial charge < -0.3 is 4.74 Å². The van der Waals surface area contributed by atoms with Crippen LogP contribution in [-0.2, 0) is 28.8 Å². The van der Waals surface area contributed by atoms with Crippen LogP contribution in [0.1, 0.15) is 75.5 Å². The van der Waals surface area contributed by atoms with Gasteiger partial charge in [-0.1, -0.05) is 57.7 Å². The lowest BCUT2D eigenvalue weighted by Gasteiger charge is -2.12. The second-order valence-electron chi connectivity index (χ2n) is 6.09. The highest BCUT2D eigenvalue weighted by Crippen LogP contribution is 2.19. The van der Waals surface area contributed by atoms with Crippen molar-refractivity contribution in [1.82, 2.24) is 0 Å². The number of benzene rings is 1. The molecule has 0 unspecified atom stereocenters. The van der Waals surface area contributed by atoms with Crippen molar-refractivity contribution in [2.75, 3.05) is 7.11 Å². The second kappa shape index (κ2) is 11.3. The molecule has 0 aliphatic rings. The summed E-state index contributed by atoms with van der Waals surface area (Å²) in [5.74, 6) is -0.125. The number of rotatable bonds is 11. The fraction of sp³-hybridized carbons (Fsp3) is 0.650. The number of methoxy groups -OCH3 is 1. The second-order valence-corrected chi connectivity index (χ2v) is 6.09. The highest BCUT2D eigenvalue weighted by atomic mass is 16.5. The van der Waals surface area contributed by atoms with E-state index in [1.165, 1.54) is 75.2 Å². The van der Waals surface area contributed by atoms with E-state index in [-0.39, 0.29) is 5.97 Å². The van der Waals surface area contributed by atoms with Crippen LogP contribution in [-0.4, -0.2) is 13.1 Å². The molecule has 0 aromatic heterocycles. The van der Waals surface area contributed by atoms with Gasteiger partial charge in [-0.15, -0.1) is 0 Å². The topological polar surface area (TPSA) is 26.3 Å². The van der Waals surface area contributed by atoms with E-state index in [9.17, 15) is 4.79 Å². The zero-order valence-corrected chi connectivity index (χ0v) is 14.6. The largest absolute Gasteiger partial charge is 0.469 e. The van der Waals surface area contributed by atoms with E-state index in [0.717, 1.165) is 6.42 Å². The summed E-state index contributed by atoms with van der Waals surface area (Å²) >= 11 is 0. The Labute approximate surface area is 136 Å². The van der Waals surface area contributed by atoms with Crippen LogP contribution in [0.5, 0.6) is 0 Å². The zero-order valence-electron chi connectivity index (χ0n) is 14.6. The van der Waals surface area contributed by atoms with Crippen molar-refractivity contribution in [3.05, 3.63) is 34.9 Å². The lowest BCUT2D eigenvalue weighted by molar-refractivity contribution is -0.140. The van der Waals surface area contributed by atoms with Gasteiger partial charge in [0.25, 0.3) is 0 Å². The third kappa shape index (κ3) is 7.11. The summed E-state index contributed by atoms with van der Waals surface area (Å²) in [6.45, 7) is 4.49. The summed E-state index contributed by atoms with van der Waals surface area (Å²) in [5.41, 5.74) is 4.26. The van der Waals surface area contributed by atoms with Crippen molar-refractivity contribution in [3.8, 4) is 0 Å². The van der Waals surface area contributed by atoms with Crippen molar-refractivity contribution in [2.45, 2.75) is 78.1 Å². The molecule has 124 valence electrons. The van der Waals surface area contributed by atoms with Gasteiger partial charge in [0.2, 0.25) is 0 Å². The molecule has 2 heteroatoms. The molecule has 0 aliphatic heterocycles. The number of aryl methyl sites for hydroxylation is 3. The molecule has 0 atom stereocenters. The number of hydrogen-bond acceptors (Lipinski definition) is 2. The summed E-state index contributed by atoms with van der Waals surface area (Å²) in [7, 11) is 1.45. The van der Waals surface area contributed by atoms with E-state index >= 15 is 0 Å². The zero-order chi connectivity index (χ0) is 16.2. The third-order valence-corrected chi connectivity index (χ3v) is 4.22. The average Bonchev–Trinajstić information content (AvgIpc) is 2.54. The predicted octanol–water partition coefficient (Wildman–Crippen LogP) is 5.26. The van der Waals surface area contributed by atoms with Gasteiger partial charge in [-0.3, -0.25) is 4.79 Å². The van der Waals surface area contributed by atoms with Crippen LogP contribution >= 0.6 is 0 Å². The summed E-state index contributed by atoms with van der Waals surface area (Å²) < 4.78 is 4.73. The van der Waals surface area contributed by atoms with Crippen LogP contribution in [0.4, 0.5) is 0 Å². The summed E-state index contributed by atoms with van der Waals surface area (Å²) in [6, 6.07) is 6.79. The molecule has 0 bridgehead atoms. The molecule has 1 aromatic carbocycles. The molecule has 1 rings (SSSR count). The Balaban J connectivity index is 2.71. The number of ether oxygens (including phenoxy) is 1. The van der Waals surface area contributed by atoms with Gasteiger partial charge in [0, 0.05) is 6.42 Å². The third-order valence-electron chi connectivity index (χ3n) is 4.22. The summed E-state index contributed by atoms with van der Waals surface area (Å²) in [5, 5.41) is 0. The van der Waals surface area contributed by atoms with Crippen LogP contribution in [0.2, 0.25) is 0 Å². The normalized spacial score (nSPS) is 10.7. The van der Waals surface area contributed by atoms with E-state index in [1.807, 2.05) is 0 Å². The summed E-state index contributed by atoms with van der Waals surface area (Å²) in [4.78, 5) is 11.3. The first kappa shape index (κ1) is 18.7. The molecule has 0 amide bonds. The fourth-order valence-electron chi connectivity index (χ4n) is 2.79. The van der Waals surface area contributed by atoms with Crippen LogP contribution in [0, 0.1) is 0 Å². The lowest BCUT2D eigenvalue weighted by atomic mass is 9.94. The Hall–Kier alpha value is -1.31. The molecule has 0 saturated heterocycles. The van der Waals surface area contributed by atoms with Crippen molar-refractivity contribution >= 4 is 5.97 Å². The van der Waals surface area contributed by atoms with Gasteiger partial charge in [-0.05, 0) is 48.8 Å². The highest BCUT2D eigenvalue weighted by Gasteiger charge is 2.07. The van der Waals surface area contributed by atoms with Crippen LogP contribution in [0.3, 0.4) is 0 Å². The first-order chi connectivity index (χ1) is 10.7. The standard InChI is InChI=1S/C20H32O2/c1-4-6-8-10-18-14-12-17(13-15-20(21)22-3)16-19(18)11-9-7-5-2/h12,14,16H,4-11,13,15H2,1-3H3. The molecule has 0 N–H and O–H groups in total. The van der Waals surface area contributed by atoms with Crippen molar-refractivity contribution in [1.29, 1.82) is 0 Å². The molecule has 0 radical (unpaired) electrons. The molecule has 0 heterocycles. The molecule has 0 aliphatic carbocycles. The smallest absolute Gasteiger partial charge is 0.305 e. The Kier molecular flexibility index (Phi) is 9.61. The molecule has 0 saturated carbocycles. The predicted molar refractivity (Wildman–Crippen MR) is 93.2 cm³/mol. The molecule has 2 nitrogen and oxygen atoms in total. The maximum atomic E-state index is 11.3. The van der Waals surface area contributed by atoms with E-state index in [4.69, 9.17) is 4.74 Å². The quantitative estimate of drug-likeness (QED) is 0.412. The van der Waals surface area contributed by atoms with Gasteiger partial charge in [-0.2, -0.15) is 0 Å². The molecule has 1 aromatic rings.